The first-order valence-electron chi connectivity index (χ1n) is 7.96. The lowest BCUT2D eigenvalue weighted by atomic mass is 10.3. The molecular formula is C18H15ClN4O4. The number of phenols is 1. The van der Waals surface area contributed by atoms with Crippen molar-refractivity contribution in [3.05, 3.63) is 59.2 Å². The number of ether oxygens (including phenoxy) is 1. The molecule has 1 heterocycles. The minimum absolute atomic E-state index is 0.0733. The number of para-hydroxylation sites is 1. The van der Waals surface area contributed by atoms with Gasteiger partial charge in [-0.15, -0.1) is 10.2 Å². The van der Waals surface area contributed by atoms with Crippen LogP contribution in [0.3, 0.4) is 0 Å². The normalized spacial score (nSPS) is 11.0. The highest BCUT2D eigenvalue weighted by Gasteiger charge is 2.25. The van der Waals surface area contributed by atoms with Gasteiger partial charge in [-0.2, -0.15) is 9.78 Å². The van der Waals surface area contributed by atoms with Crippen molar-refractivity contribution in [1.29, 1.82) is 0 Å². The van der Waals surface area contributed by atoms with E-state index in [0.717, 1.165) is 4.68 Å². The summed E-state index contributed by atoms with van der Waals surface area (Å²) in [4.78, 5) is 12.2. The summed E-state index contributed by atoms with van der Waals surface area (Å²) in [5.41, 5.74) is 0.205. The molecule has 0 aliphatic heterocycles. The molecule has 1 aromatic heterocycles. The minimum Gasteiger partial charge on any atom is -0.506 e. The van der Waals surface area contributed by atoms with E-state index in [4.69, 9.17) is 16.3 Å². The topological polar surface area (TPSA) is 109 Å². The molecule has 0 radical (unpaired) electrons. The standard InChI is InChI=1S/C18H15ClN4O4/c1-2-27-18(26)16-15(21-20-13-10-11(19)8-9-14(13)24)17(25)23(22-16)12-6-4-3-5-7-12/h3-10,24-25H,2H2,1H3. The Hall–Kier alpha value is -3.39. The summed E-state index contributed by atoms with van der Waals surface area (Å²) < 4.78 is 6.12. The maximum absolute atomic E-state index is 12.2. The molecule has 138 valence electrons. The van der Waals surface area contributed by atoms with Crippen LogP contribution in [0.5, 0.6) is 11.6 Å². The number of halogens is 1. The van der Waals surface area contributed by atoms with Crippen molar-refractivity contribution < 1.29 is 19.7 Å². The van der Waals surface area contributed by atoms with Gasteiger partial charge in [0, 0.05) is 5.02 Å². The van der Waals surface area contributed by atoms with Crippen LogP contribution in [0.25, 0.3) is 5.69 Å². The Labute approximate surface area is 159 Å². The zero-order valence-electron chi connectivity index (χ0n) is 14.2. The van der Waals surface area contributed by atoms with Gasteiger partial charge in [0.1, 0.15) is 11.4 Å². The van der Waals surface area contributed by atoms with E-state index in [-0.39, 0.29) is 29.4 Å². The van der Waals surface area contributed by atoms with Crippen molar-refractivity contribution in [3.63, 3.8) is 0 Å². The van der Waals surface area contributed by atoms with Gasteiger partial charge in [0.05, 0.1) is 12.3 Å². The molecule has 2 N–H and O–H groups in total. The van der Waals surface area contributed by atoms with Crippen LogP contribution in [0.2, 0.25) is 5.02 Å². The third-order valence-corrected chi connectivity index (χ3v) is 3.74. The van der Waals surface area contributed by atoms with Crippen molar-refractivity contribution in [3.8, 4) is 17.3 Å². The predicted octanol–water partition coefficient (Wildman–Crippen LogP) is 4.53. The van der Waals surface area contributed by atoms with Crippen molar-refractivity contribution >= 4 is 28.9 Å². The fraction of sp³-hybridized carbons (Fsp3) is 0.111. The maximum atomic E-state index is 12.2. The van der Waals surface area contributed by atoms with Crippen LogP contribution in [-0.4, -0.2) is 32.6 Å². The highest BCUT2D eigenvalue weighted by atomic mass is 35.5. The number of hydrogen-bond acceptors (Lipinski definition) is 7. The van der Waals surface area contributed by atoms with E-state index in [0.29, 0.717) is 10.7 Å². The highest BCUT2D eigenvalue weighted by molar-refractivity contribution is 6.30. The number of aromatic hydroxyl groups is 2. The molecule has 9 heteroatoms. The molecule has 0 atom stereocenters. The Morgan fingerprint density at radius 1 is 1.19 bits per heavy atom. The van der Waals surface area contributed by atoms with Crippen molar-refractivity contribution in [2.75, 3.05) is 6.61 Å². The van der Waals surface area contributed by atoms with E-state index in [1.54, 1.807) is 37.3 Å². The molecular weight excluding hydrogens is 372 g/mol. The van der Waals surface area contributed by atoms with Gasteiger partial charge in [-0.3, -0.25) is 0 Å². The largest absolute Gasteiger partial charge is 0.506 e. The number of benzene rings is 2. The lowest BCUT2D eigenvalue weighted by Crippen LogP contribution is -2.06. The smallest absolute Gasteiger partial charge is 0.361 e. The Balaban J connectivity index is 2.09. The van der Waals surface area contributed by atoms with Crippen LogP contribution in [0.15, 0.2) is 58.8 Å². The summed E-state index contributed by atoms with van der Waals surface area (Å²) in [5.74, 6) is -1.31. The van der Waals surface area contributed by atoms with Gasteiger partial charge in [0.15, 0.2) is 5.69 Å². The van der Waals surface area contributed by atoms with Crippen LogP contribution >= 0.6 is 11.6 Å². The molecule has 0 unspecified atom stereocenters. The van der Waals surface area contributed by atoms with Gasteiger partial charge in [-0.05, 0) is 37.3 Å². The zero-order valence-corrected chi connectivity index (χ0v) is 15.0. The van der Waals surface area contributed by atoms with Gasteiger partial charge in [0.25, 0.3) is 0 Å². The number of carbonyl (C=O) groups is 1. The molecule has 3 rings (SSSR count). The number of carbonyl (C=O) groups excluding carboxylic acids is 1. The second-order valence-corrected chi connectivity index (χ2v) is 5.76. The van der Waals surface area contributed by atoms with Crippen LogP contribution in [0.1, 0.15) is 17.4 Å². The summed E-state index contributed by atoms with van der Waals surface area (Å²) >= 11 is 5.88. The predicted molar refractivity (Wildman–Crippen MR) is 98.5 cm³/mol. The van der Waals surface area contributed by atoms with Crippen LogP contribution < -0.4 is 0 Å². The Bertz CT molecular complexity index is 1000. The zero-order chi connectivity index (χ0) is 19.4. The second kappa shape index (κ2) is 7.88. The molecule has 0 amide bonds. The second-order valence-electron chi connectivity index (χ2n) is 5.32. The van der Waals surface area contributed by atoms with Crippen molar-refractivity contribution in [2.45, 2.75) is 6.92 Å². The molecule has 0 aliphatic rings. The SMILES string of the molecule is CCOC(=O)c1nn(-c2ccccc2)c(O)c1N=Nc1cc(Cl)ccc1O. The molecule has 8 nitrogen and oxygen atoms in total. The lowest BCUT2D eigenvalue weighted by Gasteiger charge is -2.01. The average molecular weight is 387 g/mol. The third-order valence-electron chi connectivity index (χ3n) is 3.50. The van der Waals surface area contributed by atoms with Crippen LogP contribution in [-0.2, 0) is 4.74 Å². The van der Waals surface area contributed by atoms with Crippen molar-refractivity contribution in [2.24, 2.45) is 10.2 Å². The number of aromatic nitrogens is 2. The molecule has 0 fully saturated rings. The van der Waals surface area contributed by atoms with Gasteiger partial charge in [-0.25, -0.2) is 4.79 Å². The van der Waals surface area contributed by atoms with E-state index >= 15 is 0 Å². The number of azo groups is 1. The van der Waals surface area contributed by atoms with Gasteiger partial charge in [-0.1, -0.05) is 29.8 Å². The number of phenolic OH excluding ortho intramolecular Hbond substituents is 1. The van der Waals surface area contributed by atoms with Gasteiger partial charge < -0.3 is 14.9 Å². The quantitative estimate of drug-likeness (QED) is 0.494. The Morgan fingerprint density at radius 2 is 1.93 bits per heavy atom. The maximum Gasteiger partial charge on any atom is 0.361 e. The summed E-state index contributed by atoms with van der Waals surface area (Å²) in [6.45, 7) is 1.78. The molecule has 0 spiro atoms. The molecule has 3 aromatic rings. The molecule has 2 aromatic carbocycles. The Kier molecular flexibility index (Phi) is 5.37. The first kappa shape index (κ1) is 18.4. The molecule has 0 saturated carbocycles. The first-order valence-corrected chi connectivity index (χ1v) is 8.33. The summed E-state index contributed by atoms with van der Waals surface area (Å²) in [6.07, 6.45) is 0. The number of esters is 1. The molecule has 27 heavy (non-hydrogen) atoms. The first-order chi connectivity index (χ1) is 13.0. The molecule has 0 bridgehead atoms. The highest BCUT2D eigenvalue weighted by Crippen LogP contribution is 2.36. The molecule has 0 aliphatic carbocycles. The Morgan fingerprint density at radius 3 is 2.63 bits per heavy atom. The van der Waals surface area contributed by atoms with Gasteiger partial charge >= 0.3 is 5.97 Å². The van der Waals surface area contributed by atoms with E-state index in [2.05, 4.69) is 15.3 Å². The van der Waals surface area contributed by atoms with Crippen LogP contribution in [0, 0.1) is 0 Å². The van der Waals surface area contributed by atoms with Crippen molar-refractivity contribution in [1.82, 2.24) is 9.78 Å². The number of nitrogens with zero attached hydrogens (tertiary/aromatic N) is 4. The number of rotatable bonds is 5. The van der Waals surface area contributed by atoms with Gasteiger partial charge in [0.2, 0.25) is 11.6 Å². The lowest BCUT2D eigenvalue weighted by molar-refractivity contribution is 0.0520. The average Bonchev–Trinajstić information content (AvgIpc) is 3.00. The monoisotopic (exact) mass is 386 g/mol. The summed E-state index contributed by atoms with van der Waals surface area (Å²) in [5, 5.41) is 32.6. The third kappa shape index (κ3) is 3.90. The van der Waals surface area contributed by atoms with E-state index in [1.807, 2.05) is 0 Å². The van der Waals surface area contributed by atoms with Crippen LogP contribution in [0.4, 0.5) is 11.4 Å². The van der Waals surface area contributed by atoms with E-state index in [1.165, 1.54) is 18.2 Å². The summed E-state index contributed by atoms with van der Waals surface area (Å²) in [6, 6.07) is 13.0. The molecule has 0 saturated heterocycles. The number of hydrogen-bond donors (Lipinski definition) is 2. The van der Waals surface area contributed by atoms with E-state index < -0.39 is 11.8 Å². The fourth-order valence-electron chi connectivity index (χ4n) is 2.26. The minimum atomic E-state index is -0.758. The fourth-order valence-corrected chi connectivity index (χ4v) is 2.43. The summed E-state index contributed by atoms with van der Waals surface area (Å²) in [7, 11) is 0. The van der Waals surface area contributed by atoms with E-state index in [9.17, 15) is 15.0 Å².